The summed E-state index contributed by atoms with van der Waals surface area (Å²) in [5, 5.41) is 6.60. The fourth-order valence-electron chi connectivity index (χ4n) is 3.62. The second kappa shape index (κ2) is 12.4. The molecular weight excluding hydrogens is 350 g/mol. The topological polar surface area (TPSA) is 60.0 Å². The van der Waals surface area contributed by atoms with Crippen LogP contribution in [0.3, 0.4) is 0 Å². The summed E-state index contributed by atoms with van der Waals surface area (Å²) in [6.45, 7) is 6.81. The molecule has 1 heterocycles. The SMILES string of the molecule is CN=C(NCCCN1CCCCC1C)NCCC(=O)N(C)Cc1ccccc1. The Balaban J connectivity index is 1.59. The van der Waals surface area contributed by atoms with E-state index in [2.05, 4.69) is 27.4 Å². The average Bonchev–Trinajstić information content (AvgIpc) is 2.71. The van der Waals surface area contributed by atoms with E-state index in [4.69, 9.17) is 0 Å². The van der Waals surface area contributed by atoms with Crippen LogP contribution in [0.15, 0.2) is 35.3 Å². The third kappa shape index (κ3) is 7.89. The molecule has 0 saturated carbocycles. The molecule has 1 aromatic rings. The molecule has 156 valence electrons. The molecule has 0 spiro atoms. The summed E-state index contributed by atoms with van der Waals surface area (Å²) in [5.74, 6) is 0.899. The Kier molecular flexibility index (Phi) is 9.83. The number of hydrogen-bond donors (Lipinski definition) is 2. The predicted molar refractivity (Wildman–Crippen MR) is 116 cm³/mol. The van der Waals surface area contributed by atoms with E-state index >= 15 is 0 Å². The molecule has 1 aromatic carbocycles. The highest BCUT2D eigenvalue weighted by atomic mass is 16.2. The number of likely N-dealkylation sites (tertiary alicyclic amines) is 1. The maximum Gasteiger partial charge on any atom is 0.224 e. The molecular formula is C22H37N5O. The number of amides is 1. The van der Waals surface area contributed by atoms with E-state index in [1.165, 1.54) is 25.8 Å². The minimum absolute atomic E-state index is 0.130. The Morgan fingerprint density at radius 1 is 1.21 bits per heavy atom. The molecule has 0 aliphatic carbocycles. The Bertz CT molecular complexity index is 604. The van der Waals surface area contributed by atoms with Crippen molar-refractivity contribution >= 4 is 11.9 Å². The molecule has 0 bridgehead atoms. The summed E-state index contributed by atoms with van der Waals surface area (Å²) >= 11 is 0. The fraction of sp³-hybridized carbons (Fsp3) is 0.636. The molecule has 1 saturated heterocycles. The molecule has 6 heteroatoms. The molecule has 1 aliphatic heterocycles. The minimum Gasteiger partial charge on any atom is -0.356 e. The van der Waals surface area contributed by atoms with E-state index < -0.39 is 0 Å². The zero-order valence-corrected chi connectivity index (χ0v) is 17.8. The van der Waals surface area contributed by atoms with Crippen molar-refractivity contribution < 1.29 is 4.79 Å². The van der Waals surface area contributed by atoms with Crippen LogP contribution in [0.4, 0.5) is 0 Å². The van der Waals surface area contributed by atoms with Crippen molar-refractivity contribution in [2.45, 2.75) is 51.6 Å². The average molecular weight is 388 g/mol. The summed E-state index contributed by atoms with van der Waals surface area (Å²) < 4.78 is 0. The number of guanidine groups is 1. The van der Waals surface area contributed by atoms with Gasteiger partial charge < -0.3 is 20.4 Å². The first-order chi connectivity index (χ1) is 13.6. The molecule has 1 fully saturated rings. The number of carbonyl (C=O) groups is 1. The second-order valence-corrected chi connectivity index (χ2v) is 7.65. The van der Waals surface area contributed by atoms with E-state index in [1.54, 1.807) is 11.9 Å². The molecule has 0 radical (unpaired) electrons. The van der Waals surface area contributed by atoms with Crippen molar-refractivity contribution in [3.63, 3.8) is 0 Å². The van der Waals surface area contributed by atoms with E-state index in [0.29, 0.717) is 25.6 Å². The molecule has 0 aromatic heterocycles. The highest BCUT2D eigenvalue weighted by molar-refractivity contribution is 5.81. The molecule has 2 rings (SSSR count). The van der Waals surface area contributed by atoms with Gasteiger partial charge in [-0.25, -0.2) is 0 Å². The maximum absolute atomic E-state index is 12.3. The zero-order valence-electron chi connectivity index (χ0n) is 17.8. The van der Waals surface area contributed by atoms with Gasteiger partial charge in [-0.05, 0) is 38.3 Å². The van der Waals surface area contributed by atoms with Crippen LogP contribution in [-0.4, -0.2) is 68.0 Å². The maximum atomic E-state index is 12.3. The molecule has 1 unspecified atom stereocenters. The van der Waals surface area contributed by atoms with Gasteiger partial charge in [0.1, 0.15) is 0 Å². The number of piperidine rings is 1. The van der Waals surface area contributed by atoms with Gasteiger partial charge in [-0.1, -0.05) is 36.8 Å². The van der Waals surface area contributed by atoms with Crippen LogP contribution >= 0.6 is 0 Å². The largest absolute Gasteiger partial charge is 0.356 e. The summed E-state index contributed by atoms with van der Waals surface area (Å²) in [7, 11) is 3.62. The van der Waals surface area contributed by atoms with Gasteiger partial charge in [-0.2, -0.15) is 0 Å². The van der Waals surface area contributed by atoms with Crippen molar-refractivity contribution in [2.75, 3.05) is 40.3 Å². The van der Waals surface area contributed by atoms with Crippen molar-refractivity contribution in [2.24, 2.45) is 4.99 Å². The van der Waals surface area contributed by atoms with Crippen LogP contribution in [0, 0.1) is 0 Å². The second-order valence-electron chi connectivity index (χ2n) is 7.65. The number of nitrogens with one attached hydrogen (secondary N) is 2. The predicted octanol–water partition coefficient (Wildman–Crippen LogP) is 2.46. The molecule has 28 heavy (non-hydrogen) atoms. The van der Waals surface area contributed by atoms with Gasteiger partial charge in [-0.3, -0.25) is 9.79 Å². The van der Waals surface area contributed by atoms with Crippen LogP contribution < -0.4 is 10.6 Å². The van der Waals surface area contributed by atoms with Gasteiger partial charge >= 0.3 is 0 Å². The van der Waals surface area contributed by atoms with E-state index in [-0.39, 0.29) is 5.91 Å². The Morgan fingerprint density at radius 2 is 1.96 bits per heavy atom. The lowest BCUT2D eigenvalue weighted by molar-refractivity contribution is -0.130. The zero-order chi connectivity index (χ0) is 20.2. The number of rotatable bonds is 9. The van der Waals surface area contributed by atoms with Crippen LogP contribution in [0.2, 0.25) is 0 Å². The van der Waals surface area contributed by atoms with Crippen LogP contribution in [0.1, 0.15) is 44.6 Å². The summed E-state index contributed by atoms with van der Waals surface area (Å²) in [6, 6.07) is 10.8. The first-order valence-corrected chi connectivity index (χ1v) is 10.6. The number of carbonyl (C=O) groups excluding carboxylic acids is 1. The number of benzene rings is 1. The smallest absolute Gasteiger partial charge is 0.224 e. The third-order valence-electron chi connectivity index (χ3n) is 5.40. The van der Waals surface area contributed by atoms with Gasteiger partial charge in [0, 0.05) is 52.7 Å². The molecule has 1 aliphatic rings. The van der Waals surface area contributed by atoms with Crippen LogP contribution in [0.5, 0.6) is 0 Å². The van der Waals surface area contributed by atoms with Gasteiger partial charge in [-0.15, -0.1) is 0 Å². The Morgan fingerprint density at radius 3 is 2.68 bits per heavy atom. The third-order valence-corrected chi connectivity index (χ3v) is 5.40. The first-order valence-electron chi connectivity index (χ1n) is 10.6. The summed E-state index contributed by atoms with van der Waals surface area (Å²) in [6.07, 6.45) is 5.57. The van der Waals surface area contributed by atoms with Gasteiger partial charge in [0.25, 0.3) is 0 Å². The number of hydrogen-bond acceptors (Lipinski definition) is 3. The highest BCUT2D eigenvalue weighted by Gasteiger charge is 2.17. The lowest BCUT2D eigenvalue weighted by Crippen LogP contribution is -2.42. The Labute approximate surface area is 170 Å². The molecule has 6 nitrogen and oxygen atoms in total. The number of aliphatic imine (C=N–C) groups is 1. The normalized spacial score (nSPS) is 18.0. The van der Waals surface area contributed by atoms with Gasteiger partial charge in [0.15, 0.2) is 5.96 Å². The van der Waals surface area contributed by atoms with E-state index in [1.807, 2.05) is 37.4 Å². The monoisotopic (exact) mass is 387 g/mol. The lowest BCUT2D eigenvalue weighted by atomic mass is 10.0. The van der Waals surface area contributed by atoms with Crippen LogP contribution in [-0.2, 0) is 11.3 Å². The summed E-state index contributed by atoms with van der Waals surface area (Å²) in [5.41, 5.74) is 1.15. The Hall–Kier alpha value is -2.08. The lowest BCUT2D eigenvalue weighted by Gasteiger charge is -2.33. The fourth-order valence-corrected chi connectivity index (χ4v) is 3.62. The molecule has 2 N–H and O–H groups in total. The first kappa shape index (κ1) is 22.2. The molecule has 1 atom stereocenters. The number of nitrogens with zero attached hydrogens (tertiary/aromatic N) is 3. The summed E-state index contributed by atoms with van der Waals surface area (Å²) in [4.78, 5) is 20.9. The van der Waals surface area contributed by atoms with Gasteiger partial charge in [0.05, 0.1) is 0 Å². The van der Waals surface area contributed by atoms with Gasteiger partial charge in [0.2, 0.25) is 5.91 Å². The van der Waals surface area contributed by atoms with Crippen molar-refractivity contribution in [1.82, 2.24) is 20.4 Å². The van der Waals surface area contributed by atoms with Crippen molar-refractivity contribution in [3.05, 3.63) is 35.9 Å². The van der Waals surface area contributed by atoms with E-state index in [0.717, 1.165) is 31.0 Å². The van der Waals surface area contributed by atoms with E-state index in [9.17, 15) is 4.79 Å². The highest BCUT2D eigenvalue weighted by Crippen LogP contribution is 2.16. The van der Waals surface area contributed by atoms with Crippen LogP contribution in [0.25, 0.3) is 0 Å². The van der Waals surface area contributed by atoms with Crippen molar-refractivity contribution in [1.29, 1.82) is 0 Å². The molecule has 1 amide bonds. The standard InChI is InChI=1S/C22H37N5O/c1-19-10-7-8-16-27(19)17-9-14-24-22(23-2)25-15-13-21(28)26(3)18-20-11-5-4-6-12-20/h4-6,11-12,19H,7-10,13-18H2,1-3H3,(H2,23,24,25). The quantitative estimate of drug-likeness (QED) is 0.388. The van der Waals surface area contributed by atoms with Crippen molar-refractivity contribution in [3.8, 4) is 0 Å². The minimum atomic E-state index is 0.130.